The first-order chi connectivity index (χ1) is 9.66. The number of hydrogen-bond donors (Lipinski definition) is 1. The summed E-state index contributed by atoms with van der Waals surface area (Å²) in [5, 5.41) is 3.46. The minimum atomic E-state index is 0.0872. The number of benzene rings is 2. The van der Waals surface area contributed by atoms with Crippen molar-refractivity contribution in [3.8, 4) is 0 Å². The third-order valence-corrected chi connectivity index (χ3v) is 3.99. The van der Waals surface area contributed by atoms with Crippen LogP contribution in [0.4, 0.5) is 11.4 Å². The first-order valence-electron chi connectivity index (χ1n) is 7.14. The second-order valence-electron chi connectivity index (χ2n) is 5.68. The highest BCUT2D eigenvalue weighted by molar-refractivity contribution is 5.84. The van der Waals surface area contributed by atoms with E-state index in [0.29, 0.717) is 12.2 Å². The van der Waals surface area contributed by atoms with Crippen LogP contribution in [0.15, 0.2) is 48.5 Å². The van der Waals surface area contributed by atoms with Gasteiger partial charge in [-0.15, -0.1) is 0 Å². The van der Waals surface area contributed by atoms with Crippen molar-refractivity contribution >= 4 is 17.2 Å². The molecule has 3 rings (SSSR count). The number of ketones is 1. The van der Waals surface area contributed by atoms with Gasteiger partial charge in [-0.3, -0.25) is 4.79 Å². The van der Waals surface area contributed by atoms with Gasteiger partial charge in [0.1, 0.15) is 5.78 Å². The standard InChI is InChI=1S/C18H19NO/c1-12(2)18(20)11-15-13-7-3-5-9-16(13)19-17-10-6-4-8-14(15)17/h3-10,12,15,19H,11H2,1-2H3. The Bertz CT molecular complexity index is 600. The Labute approximate surface area is 119 Å². The Hall–Kier alpha value is -2.09. The van der Waals surface area contributed by atoms with Crippen molar-refractivity contribution < 1.29 is 4.79 Å². The summed E-state index contributed by atoms with van der Waals surface area (Å²) in [5.74, 6) is 0.573. The zero-order valence-electron chi connectivity index (χ0n) is 11.9. The molecule has 0 unspecified atom stereocenters. The molecule has 1 aliphatic heterocycles. The predicted molar refractivity (Wildman–Crippen MR) is 82.5 cm³/mol. The SMILES string of the molecule is CC(C)C(=O)CC1c2ccccc2Nc2ccccc21. The maximum atomic E-state index is 12.2. The lowest BCUT2D eigenvalue weighted by molar-refractivity contribution is -0.122. The molecule has 0 aromatic heterocycles. The highest BCUT2D eigenvalue weighted by Gasteiger charge is 2.27. The van der Waals surface area contributed by atoms with Gasteiger partial charge in [0.15, 0.2) is 0 Å². The van der Waals surface area contributed by atoms with E-state index in [-0.39, 0.29) is 11.8 Å². The lowest BCUT2D eigenvalue weighted by atomic mass is 9.81. The Balaban J connectivity index is 2.05. The summed E-state index contributed by atoms with van der Waals surface area (Å²) in [6.07, 6.45) is 0.577. The number of fused-ring (bicyclic) bond motifs is 2. The molecule has 0 bridgehead atoms. The summed E-state index contributed by atoms with van der Waals surface area (Å²) in [6.45, 7) is 3.95. The summed E-state index contributed by atoms with van der Waals surface area (Å²) in [5.41, 5.74) is 4.68. The van der Waals surface area contributed by atoms with Crippen molar-refractivity contribution in [2.24, 2.45) is 5.92 Å². The van der Waals surface area contributed by atoms with Crippen LogP contribution >= 0.6 is 0 Å². The average Bonchev–Trinajstić information content (AvgIpc) is 2.46. The van der Waals surface area contributed by atoms with Crippen molar-refractivity contribution in [2.75, 3.05) is 5.32 Å². The molecule has 0 amide bonds. The highest BCUT2D eigenvalue weighted by atomic mass is 16.1. The van der Waals surface area contributed by atoms with Crippen molar-refractivity contribution in [3.05, 3.63) is 59.7 Å². The molecule has 0 saturated heterocycles. The molecule has 102 valence electrons. The van der Waals surface area contributed by atoms with Gasteiger partial charge in [-0.1, -0.05) is 50.2 Å². The van der Waals surface area contributed by atoms with Crippen LogP contribution in [0.2, 0.25) is 0 Å². The van der Waals surface area contributed by atoms with Crippen molar-refractivity contribution in [1.29, 1.82) is 0 Å². The fourth-order valence-corrected chi connectivity index (χ4v) is 2.80. The monoisotopic (exact) mass is 265 g/mol. The van der Waals surface area contributed by atoms with Gasteiger partial charge >= 0.3 is 0 Å². The molecule has 1 N–H and O–H groups in total. The van der Waals surface area contributed by atoms with E-state index in [1.807, 2.05) is 38.1 Å². The quantitative estimate of drug-likeness (QED) is 0.885. The molecule has 0 spiro atoms. The Morgan fingerprint density at radius 2 is 1.50 bits per heavy atom. The topological polar surface area (TPSA) is 29.1 Å². The van der Waals surface area contributed by atoms with Gasteiger partial charge in [-0.2, -0.15) is 0 Å². The molecule has 0 radical (unpaired) electrons. The first kappa shape index (κ1) is 12.9. The number of rotatable bonds is 3. The van der Waals surface area contributed by atoms with Crippen LogP contribution in [0.25, 0.3) is 0 Å². The number of carbonyl (C=O) groups is 1. The summed E-state index contributed by atoms with van der Waals surface area (Å²) in [6, 6.07) is 16.5. The molecule has 0 atom stereocenters. The lowest BCUT2D eigenvalue weighted by Gasteiger charge is -2.29. The number of anilines is 2. The third-order valence-electron chi connectivity index (χ3n) is 3.99. The summed E-state index contributed by atoms with van der Waals surface area (Å²) in [4.78, 5) is 12.2. The first-order valence-corrected chi connectivity index (χ1v) is 7.14. The number of Topliss-reactive ketones (excluding diaryl/α,β-unsaturated/α-hetero) is 1. The van der Waals surface area contributed by atoms with Crippen LogP contribution in [-0.4, -0.2) is 5.78 Å². The maximum absolute atomic E-state index is 12.2. The van der Waals surface area contributed by atoms with Gasteiger partial charge in [-0.05, 0) is 23.3 Å². The van der Waals surface area contributed by atoms with Gasteiger partial charge in [-0.25, -0.2) is 0 Å². The predicted octanol–water partition coefficient (Wildman–Crippen LogP) is 4.49. The summed E-state index contributed by atoms with van der Waals surface area (Å²) < 4.78 is 0. The molecule has 20 heavy (non-hydrogen) atoms. The Kier molecular flexibility index (Phi) is 3.31. The highest BCUT2D eigenvalue weighted by Crippen LogP contribution is 2.42. The average molecular weight is 265 g/mol. The zero-order valence-corrected chi connectivity index (χ0v) is 11.9. The van der Waals surface area contributed by atoms with Gasteiger partial charge < -0.3 is 5.32 Å². The van der Waals surface area contributed by atoms with Crippen molar-refractivity contribution in [2.45, 2.75) is 26.2 Å². The van der Waals surface area contributed by atoms with Crippen molar-refractivity contribution in [1.82, 2.24) is 0 Å². The fourth-order valence-electron chi connectivity index (χ4n) is 2.80. The minimum Gasteiger partial charge on any atom is -0.355 e. The van der Waals surface area contributed by atoms with Crippen molar-refractivity contribution in [3.63, 3.8) is 0 Å². The molecule has 2 heteroatoms. The largest absolute Gasteiger partial charge is 0.355 e. The molecular weight excluding hydrogens is 246 g/mol. The zero-order chi connectivity index (χ0) is 14.1. The molecular formula is C18H19NO. The van der Waals surface area contributed by atoms with E-state index in [4.69, 9.17) is 0 Å². The van der Waals surface area contributed by atoms with E-state index >= 15 is 0 Å². The van der Waals surface area contributed by atoms with E-state index in [1.54, 1.807) is 0 Å². The molecule has 1 aliphatic rings. The number of hydrogen-bond acceptors (Lipinski definition) is 2. The normalized spacial score (nSPS) is 13.6. The van der Waals surface area contributed by atoms with Crippen LogP contribution < -0.4 is 5.32 Å². The van der Waals surface area contributed by atoms with Crippen LogP contribution in [0.1, 0.15) is 37.3 Å². The fraction of sp³-hybridized carbons (Fsp3) is 0.278. The molecule has 2 nitrogen and oxygen atoms in total. The van der Waals surface area contributed by atoms with E-state index in [9.17, 15) is 4.79 Å². The smallest absolute Gasteiger partial charge is 0.136 e. The molecule has 0 fully saturated rings. The second kappa shape index (κ2) is 5.12. The number of carbonyl (C=O) groups excluding carboxylic acids is 1. The second-order valence-corrected chi connectivity index (χ2v) is 5.68. The molecule has 2 aromatic rings. The Morgan fingerprint density at radius 1 is 1.00 bits per heavy atom. The Morgan fingerprint density at radius 3 is 2.00 bits per heavy atom. The van der Waals surface area contributed by atoms with Crippen LogP contribution in [-0.2, 0) is 4.79 Å². The van der Waals surface area contributed by atoms with Gasteiger partial charge in [0, 0.05) is 29.6 Å². The molecule has 2 aromatic carbocycles. The molecule has 0 saturated carbocycles. The van der Waals surface area contributed by atoms with Gasteiger partial charge in [0.25, 0.3) is 0 Å². The number of para-hydroxylation sites is 2. The third kappa shape index (κ3) is 2.22. The maximum Gasteiger partial charge on any atom is 0.136 e. The minimum absolute atomic E-state index is 0.0872. The van der Waals surface area contributed by atoms with E-state index in [2.05, 4.69) is 29.6 Å². The van der Waals surface area contributed by atoms with E-state index in [0.717, 1.165) is 11.4 Å². The van der Waals surface area contributed by atoms with E-state index < -0.39 is 0 Å². The molecule has 1 heterocycles. The summed E-state index contributed by atoms with van der Waals surface area (Å²) in [7, 11) is 0. The summed E-state index contributed by atoms with van der Waals surface area (Å²) >= 11 is 0. The van der Waals surface area contributed by atoms with Crippen LogP contribution in [0, 0.1) is 5.92 Å². The van der Waals surface area contributed by atoms with Gasteiger partial charge in [0.2, 0.25) is 0 Å². The lowest BCUT2D eigenvalue weighted by Crippen LogP contribution is -2.18. The van der Waals surface area contributed by atoms with E-state index in [1.165, 1.54) is 11.1 Å². The number of nitrogens with one attached hydrogen (secondary N) is 1. The molecule has 0 aliphatic carbocycles. The van der Waals surface area contributed by atoms with Crippen LogP contribution in [0.3, 0.4) is 0 Å². The van der Waals surface area contributed by atoms with Gasteiger partial charge in [0.05, 0.1) is 0 Å². The van der Waals surface area contributed by atoms with Crippen LogP contribution in [0.5, 0.6) is 0 Å².